The zero-order chi connectivity index (χ0) is 15.2. The lowest BCUT2D eigenvalue weighted by atomic mass is 9.56. The predicted octanol–water partition coefficient (Wildman–Crippen LogP) is 5.28. The van der Waals surface area contributed by atoms with Gasteiger partial charge in [-0.2, -0.15) is 0 Å². The zero-order valence-electron chi connectivity index (χ0n) is 13.1. The Hall–Kier alpha value is -1.70. The molecule has 0 aliphatic heterocycles. The molecule has 2 heteroatoms. The minimum absolute atomic E-state index is 0.215. The van der Waals surface area contributed by atoms with Crippen LogP contribution in [0.4, 0.5) is 4.39 Å². The Morgan fingerprint density at radius 3 is 2.52 bits per heavy atom. The molecule has 1 aromatic carbocycles. The maximum Gasteiger partial charge on any atom is 0.149 e. The van der Waals surface area contributed by atoms with Crippen molar-refractivity contribution in [1.82, 2.24) is 4.98 Å². The highest BCUT2D eigenvalue weighted by Gasteiger charge is 2.65. The van der Waals surface area contributed by atoms with Crippen LogP contribution in [0.1, 0.15) is 55.1 Å². The van der Waals surface area contributed by atoms with Gasteiger partial charge in [0.25, 0.3) is 0 Å². The fourth-order valence-corrected chi connectivity index (χ4v) is 6.69. The largest absolute Gasteiger partial charge is 0.253 e. The first-order valence-electron chi connectivity index (χ1n) is 8.99. The van der Waals surface area contributed by atoms with Gasteiger partial charge in [-0.25, -0.2) is 4.39 Å². The molecule has 0 saturated heterocycles. The van der Waals surface area contributed by atoms with E-state index in [-0.39, 0.29) is 5.82 Å². The third kappa shape index (κ3) is 1.46. The van der Waals surface area contributed by atoms with E-state index in [4.69, 9.17) is 0 Å². The summed E-state index contributed by atoms with van der Waals surface area (Å²) in [6.07, 6.45) is 8.73. The number of pyridine rings is 1. The average Bonchev–Trinajstić information content (AvgIpc) is 2.98. The summed E-state index contributed by atoms with van der Waals surface area (Å²) in [6.45, 7) is 0. The fourth-order valence-electron chi connectivity index (χ4n) is 6.69. The molecule has 0 N–H and O–H groups in total. The Balaban J connectivity index is 1.52. The Bertz CT molecular complexity index is 828. The monoisotopic (exact) mass is 305 g/mol. The van der Waals surface area contributed by atoms with Crippen molar-refractivity contribution in [2.75, 3.05) is 0 Å². The Morgan fingerprint density at radius 2 is 1.74 bits per heavy atom. The molecule has 0 radical (unpaired) electrons. The molecule has 3 bridgehead atoms. The molecule has 23 heavy (non-hydrogen) atoms. The van der Waals surface area contributed by atoms with Crippen LogP contribution in [0.15, 0.2) is 36.5 Å². The second-order valence-corrected chi connectivity index (χ2v) is 8.31. The lowest BCUT2D eigenvalue weighted by Gasteiger charge is -2.48. The standard InChI is InChI=1S/C21H20FN/c22-19-2-1-5-23-20(19)12-3-4-17-13-6-15-9-16-7-14(18(17)8-12)11-21(15,16)10-13/h1-5,8,13-16H,6-7,9-11H2. The lowest BCUT2D eigenvalue weighted by Crippen LogP contribution is -2.41. The average molecular weight is 305 g/mol. The molecule has 0 amide bonds. The maximum atomic E-state index is 14.1. The van der Waals surface area contributed by atoms with Crippen LogP contribution in [0.5, 0.6) is 0 Å². The van der Waals surface area contributed by atoms with Gasteiger partial charge in [0.15, 0.2) is 0 Å². The molecule has 1 aromatic heterocycles. The van der Waals surface area contributed by atoms with Crippen LogP contribution < -0.4 is 0 Å². The van der Waals surface area contributed by atoms with Gasteiger partial charge in [-0.1, -0.05) is 12.1 Å². The Labute approximate surface area is 135 Å². The number of rotatable bonds is 1. The molecular weight excluding hydrogens is 285 g/mol. The molecule has 4 aliphatic carbocycles. The Kier molecular flexibility index (Phi) is 2.23. The molecule has 116 valence electrons. The highest BCUT2D eigenvalue weighted by atomic mass is 19.1. The van der Waals surface area contributed by atoms with Crippen LogP contribution in [0.3, 0.4) is 0 Å². The minimum atomic E-state index is -0.215. The molecule has 1 spiro atoms. The van der Waals surface area contributed by atoms with Crippen LogP contribution in [0.25, 0.3) is 11.3 Å². The van der Waals surface area contributed by atoms with Gasteiger partial charge in [0.2, 0.25) is 0 Å². The minimum Gasteiger partial charge on any atom is -0.253 e. The summed E-state index contributed by atoms with van der Waals surface area (Å²) in [5.74, 6) is 3.23. The van der Waals surface area contributed by atoms with E-state index in [1.807, 2.05) is 0 Å². The van der Waals surface area contributed by atoms with Crippen LogP contribution in [0, 0.1) is 23.1 Å². The summed E-state index contributed by atoms with van der Waals surface area (Å²) < 4.78 is 14.1. The van der Waals surface area contributed by atoms with E-state index < -0.39 is 0 Å². The molecule has 6 rings (SSSR count). The molecule has 4 aliphatic rings. The number of nitrogens with zero attached hydrogens (tertiary/aromatic N) is 1. The summed E-state index contributed by atoms with van der Waals surface area (Å²) in [5.41, 5.74) is 5.22. The summed E-state index contributed by atoms with van der Waals surface area (Å²) >= 11 is 0. The van der Waals surface area contributed by atoms with E-state index in [1.54, 1.807) is 17.8 Å². The van der Waals surface area contributed by atoms with Crippen molar-refractivity contribution >= 4 is 0 Å². The highest BCUT2D eigenvalue weighted by Crippen LogP contribution is 2.75. The first-order valence-corrected chi connectivity index (χ1v) is 8.99. The molecule has 3 saturated carbocycles. The van der Waals surface area contributed by atoms with Gasteiger partial charge in [-0.3, -0.25) is 4.98 Å². The fraction of sp³-hybridized carbons (Fsp3) is 0.476. The van der Waals surface area contributed by atoms with Crippen LogP contribution >= 0.6 is 0 Å². The first-order chi connectivity index (χ1) is 11.2. The van der Waals surface area contributed by atoms with Gasteiger partial charge >= 0.3 is 0 Å². The van der Waals surface area contributed by atoms with Gasteiger partial charge in [0.05, 0.1) is 0 Å². The maximum absolute atomic E-state index is 14.1. The van der Waals surface area contributed by atoms with Crippen molar-refractivity contribution in [3.05, 3.63) is 53.5 Å². The van der Waals surface area contributed by atoms with Crippen LogP contribution in [-0.2, 0) is 0 Å². The zero-order valence-corrected chi connectivity index (χ0v) is 13.1. The molecular formula is C21H20FN. The second kappa shape index (κ2) is 4.03. The van der Waals surface area contributed by atoms with Crippen molar-refractivity contribution in [2.45, 2.75) is 43.9 Å². The summed E-state index contributed by atoms with van der Waals surface area (Å²) in [5, 5.41) is 0. The van der Waals surface area contributed by atoms with Crippen molar-refractivity contribution in [3.8, 4) is 11.3 Å². The molecule has 5 unspecified atom stereocenters. The smallest absolute Gasteiger partial charge is 0.149 e. The summed E-state index contributed by atoms with van der Waals surface area (Å²) in [4.78, 5) is 4.28. The van der Waals surface area contributed by atoms with Crippen molar-refractivity contribution in [3.63, 3.8) is 0 Å². The van der Waals surface area contributed by atoms with Crippen LogP contribution in [0.2, 0.25) is 0 Å². The van der Waals surface area contributed by atoms with Gasteiger partial charge in [-0.15, -0.1) is 0 Å². The first kappa shape index (κ1) is 12.7. The SMILES string of the molecule is Fc1cccnc1-c1ccc2c(c1)C1CC3CC4CC2CC43C1. The molecule has 5 atom stereocenters. The van der Waals surface area contributed by atoms with E-state index in [1.165, 1.54) is 43.7 Å². The summed E-state index contributed by atoms with van der Waals surface area (Å²) in [6, 6.07) is 9.83. The van der Waals surface area contributed by atoms with Crippen molar-refractivity contribution in [1.29, 1.82) is 0 Å². The topological polar surface area (TPSA) is 12.9 Å². The quantitative estimate of drug-likeness (QED) is 0.698. The van der Waals surface area contributed by atoms with E-state index in [0.717, 1.165) is 23.3 Å². The molecule has 2 aromatic rings. The third-order valence-electron chi connectivity index (χ3n) is 7.58. The molecule has 3 fully saturated rings. The van der Waals surface area contributed by atoms with Gasteiger partial charge in [-0.05, 0) is 90.5 Å². The number of benzene rings is 1. The predicted molar refractivity (Wildman–Crippen MR) is 87.6 cm³/mol. The van der Waals surface area contributed by atoms with E-state index in [0.29, 0.717) is 17.0 Å². The number of hydrogen-bond donors (Lipinski definition) is 0. The normalized spacial score (nSPS) is 38.8. The van der Waals surface area contributed by atoms with E-state index in [2.05, 4.69) is 23.2 Å². The van der Waals surface area contributed by atoms with Crippen LogP contribution in [-0.4, -0.2) is 4.98 Å². The van der Waals surface area contributed by atoms with Gasteiger partial charge in [0.1, 0.15) is 11.5 Å². The number of halogens is 1. The molecule has 1 heterocycles. The number of hydrogen-bond acceptors (Lipinski definition) is 1. The third-order valence-corrected chi connectivity index (χ3v) is 7.58. The summed E-state index contributed by atoms with van der Waals surface area (Å²) in [7, 11) is 0. The van der Waals surface area contributed by atoms with E-state index in [9.17, 15) is 4.39 Å². The van der Waals surface area contributed by atoms with E-state index >= 15 is 0 Å². The van der Waals surface area contributed by atoms with Gasteiger partial charge in [0, 0.05) is 11.8 Å². The highest BCUT2D eigenvalue weighted by molar-refractivity contribution is 5.63. The lowest BCUT2D eigenvalue weighted by molar-refractivity contribution is 0.00322. The van der Waals surface area contributed by atoms with Crippen molar-refractivity contribution in [2.24, 2.45) is 17.3 Å². The second-order valence-electron chi connectivity index (χ2n) is 8.31. The number of aromatic nitrogens is 1. The Morgan fingerprint density at radius 1 is 0.957 bits per heavy atom. The number of fused-ring (bicyclic) bond motifs is 5. The molecule has 1 nitrogen and oxygen atoms in total. The van der Waals surface area contributed by atoms with Crippen molar-refractivity contribution < 1.29 is 4.39 Å². The van der Waals surface area contributed by atoms with Gasteiger partial charge < -0.3 is 0 Å².